The number of esters is 1. The van der Waals surface area contributed by atoms with Gasteiger partial charge in [0.05, 0.1) is 22.3 Å². The molecular weight excluding hydrogens is 444 g/mol. The van der Waals surface area contributed by atoms with Gasteiger partial charge in [0.2, 0.25) is 0 Å². The zero-order valence-electron chi connectivity index (χ0n) is 20.2. The van der Waals surface area contributed by atoms with Crippen LogP contribution in [0.4, 0.5) is 5.69 Å². The van der Waals surface area contributed by atoms with Crippen LogP contribution in [0.2, 0.25) is 0 Å². The topological polar surface area (TPSA) is 115 Å². The van der Waals surface area contributed by atoms with Crippen LogP contribution in [0.1, 0.15) is 59.2 Å². The normalized spacial score (nSPS) is 14.4. The molecule has 1 aromatic heterocycles. The van der Waals surface area contributed by atoms with Crippen molar-refractivity contribution in [2.75, 3.05) is 11.9 Å². The van der Waals surface area contributed by atoms with Gasteiger partial charge < -0.3 is 15.8 Å². The highest BCUT2D eigenvalue weighted by Gasteiger charge is 2.30. The number of hydrogen-bond donors (Lipinski definition) is 2. The molecule has 3 aromatic rings. The van der Waals surface area contributed by atoms with Gasteiger partial charge in [-0.05, 0) is 38.5 Å². The molecule has 3 N–H and O–H groups in total. The van der Waals surface area contributed by atoms with Crippen LogP contribution in [0.5, 0.6) is 0 Å². The second kappa shape index (κ2) is 10.2. The quantitative estimate of drug-likeness (QED) is 0.505. The van der Waals surface area contributed by atoms with Crippen molar-refractivity contribution in [3.63, 3.8) is 0 Å². The molecule has 4 rings (SSSR count). The maximum Gasteiger partial charge on any atom is 0.340 e. The fraction of sp³-hybridized carbons (Fsp3) is 0.333. The van der Waals surface area contributed by atoms with Gasteiger partial charge in [-0.2, -0.15) is 0 Å². The van der Waals surface area contributed by atoms with Gasteiger partial charge in [0, 0.05) is 42.2 Å². The van der Waals surface area contributed by atoms with E-state index in [4.69, 9.17) is 15.5 Å². The van der Waals surface area contributed by atoms with E-state index in [1.807, 2.05) is 24.3 Å². The Morgan fingerprint density at radius 1 is 1.11 bits per heavy atom. The van der Waals surface area contributed by atoms with E-state index < -0.39 is 23.9 Å². The number of nitrogens with two attached hydrogens (primary N) is 1. The van der Waals surface area contributed by atoms with Crippen molar-refractivity contribution in [3.8, 4) is 0 Å². The van der Waals surface area contributed by atoms with E-state index in [-0.39, 0.29) is 17.7 Å². The monoisotopic (exact) mass is 474 g/mol. The number of aromatic nitrogens is 1. The number of amides is 2. The summed E-state index contributed by atoms with van der Waals surface area (Å²) in [6, 6.07) is 14.3. The molecule has 0 aliphatic carbocycles. The molecule has 0 bridgehead atoms. The number of nitrogens with zero attached hydrogens (tertiary/aromatic N) is 2. The Kier molecular flexibility index (Phi) is 7.12. The van der Waals surface area contributed by atoms with Crippen molar-refractivity contribution in [1.29, 1.82) is 0 Å². The van der Waals surface area contributed by atoms with Crippen molar-refractivity contribution in [3.05, 3.63) is 70.9 Å². The number of fused-ring (bicyclic) bond motifs is 2. The summed E-state index contributed by atoms with van der Waals surface area (Å²) in [5.41, 5.74) is 8.81. The number of pyridine rings is 1. The van der Waals surface area contributed by atoms with E-state index >= 15 is 0 Å². The van der Waals surface area contributed by atoms with E-state index in [0.29, 0.717) is 23.5 Å². The zero-order chi connectivity index (χ0) is 25.1. The van der Waals surface area contributed by atoms with Crippen molar-refractivity contribution < 1.29 is 19.1 Å². The van der Waals surface area contributed by atoms with Gasteiger partial charge in [0.15, 0.2) is 6.10 Å². The lowest BCUT2D eigenvalue weighted by Crippen LogP contribution is -2.38. The fourth-order valence-corrected chi connectivity index (χ4v) is 4.42. The predicted molar refractivity (Wildman–Crippen MR) is 134 cm³/mol. The highest BCUT2D eigenvalue weighted by Crippen LogP contribution is 2.30. The average molecular weight is 475 g/mol. The highest BCUT2D eigenvalue weighted by atomic mass is 16.5. The molecule has 0 saturated heterocycles. The van der Waals surface area contributed by atoms with Crippen molar-refractivity contribution in [1.82, 2.24) is 9.88 Å². The van der Waals surface area contributed by atoms with Gasteiger partial charge >= 0.3 is 5.97 Å². The lowest BCUT2D eigenvalue weighted by Gasteiger charge is -2.32. The standard InChI is InChI=1S/C27H30N4O4/c1-4-23(26(33)30-21-12-8-6-10-18(21)25(28)32)35-27(34)24-17-9-5-7-11-20(17)29-22-13-14-31(16(2)3)15-19(22)24/h5-12,16,23H,4,13-15H2,1-3H3,(H2,28,32)(H,30,33). The Hall–Kier alpha value is -3.78. The molecule has 1 atom stereocenters. The summed E-state index contributed by atoms with van der Waals surface area (Å²) in [4.78, 5) is 45.4. The Morgan fingerprint density at radius 2 is 1.83 bits per heavy atom. The number of carbonyl (C=O) groups is 3. The van der Waals surface area contributed by atoms with Crippen molar-refractivity contribution in [2.24, 2.45) is 5.73 Å². The number of benzene rings is 2. The SMILES string of the molecule is CCC(OC(=O)c1c2c(nc3ccccc13)CCN(C(C)C)C2)C(=O)Nc1ccccc1C(N)=O. The summed E-state index contributed by atoms with van der Waals surface area (Å²) in [7, 11) is 0. The summed E-state index contributed by atoms with van der Waals surface area (Å²) in [6.45, 7) is 7.46. The maximum absolute atomic E-state index is 13.6. The first-order chi connectivity index (χ1) is 16.8. The van der Waals surface area contributed by atoms with Gasteiger partial charge in [-0.3, -0.25) is 19.5 Å². The van der Waals surface area contributed by atoms with Crippen LogP contribution in [-0.4, -0.2) is 46.4 Å². The van der Waals surface area contributed by atoms with E-state index in [1.54, 1.807) is 25.1 Å². The molecular formula is C27H30N4O4. The number of ether oxygens (including phenoxy) is 1. The number of rotatable bonds is 7. The van der Waals surface area contributed by atoms with Crippen LogP contribution in [0.15, 0.2) is 48.5 Å². The lowest BCUT2D eigenvalue weighted by molar-refractivity contribution is -0.124. The van der Waals surface area contributed by atoms with Gasteiger partial charge in [-0.15, -0.1) is 0 Å². The van der Waals surface area contributed by atoms with Crippen molar-refractivity contribution >= 4 is 34.4 Å². The summed E-state index contributed by atoms with van der Waals surface area (Å²) in [5.74, 6) is -1.74. The van der Waals surface area contributed by atoms with Crippen LogP contribution < -0.4 is 11.1 Å². The molecule has 8 nitrogen and oxygen atoms in total. The van der Waals surface area contributed by atoms with Crippen LogP contribution >= 0.6 is 0 Å². The summed E-state index contributed by atoms with van der Waals surface area (Å²) in [5, 5.41) is 3.39. The van der Waals surface area contributed by atoms with Crippen LogP contribution in [-0.2, 0) is 22.5 Å². The number of hydrogen-bond acceptors (Lipinski definition) is 6. The Labute approximate surface area is 204 Å². The smallest absolute Gasteiger partial charge is 0.340 e. The fourth-order valence-electron chi connectivity index (χ4n) is 4.42. The van der Waals surface area contributed by atoms with Crippen molar-refractivity contribution in [2.45, 2.75) is 52.3 Å². The first-order valence-electron chi connectivity index (χ1n) is 11.8. The maximum atomic E-state index is 13.6. The first-order valence-corrected chi connectivity index (χ1v) is 11.8. The predicted octanol–water partition coefficient (Wildman–Crippen LogP) is 3.67. The van der Waals surface area contributed by atoms with Crippen LogP contribution in [0.25, 0.3) is 10.9 Å². The molecule has 35 heavy (non-hydrogen) atoms. The van der Waals surface area contributed by atoms with Crippen LogP contribution in [0, 0.1) is 0 Å². The lowest BCUT2D eigenvalue weighted by atomic mass is 9.95. The third-order valence-electron chi connectivity index (χ3n) is 6.37. The largest absolute Gasteiger partial charge is 0.449 e. The second-order valence-electron chi connectivity index (χ2n) is 8.94. The molecule has 2 amide bonds. The molecule has 2 heterocycles. The summed E-state index contributed by atoms with van der Waals surface area (Å²) in [6.07, 6.45) is -0.0457. The summed E-state index contributed by atoms with van der Waals surface area (Å²) >= 11 is 0. The first kappa shape index (κ1) is 24.3. The highest BCUT2D eigenvalue weighted by molar-refractivity contribution is 6.07. The number of anilines is 1. The minimum Gasteiger partial charge on any atom is -0.449 e. The third kappa shape index (κ3) is 5.02. The Morgan fingerprint density at radius 3 is 2.54 bits per heavy atom. The van der Waals surface area contributed by atoms with Crippen LogP contribution in [0.3, 0.4) is 0 Å². The van der Waals surface area contributed by atoms with E-state index in [1.165, 1.54) is 6.07 Å². The van der Waals surface area contributed by atoms with E-state index in [9.17, 15) is 14.4 Å². The van der Waals surface area contributed by atoms with Gasteiger partial charge in [-0.25, -0.2) is 4.79 Å². The zero-order valence-corrected chi connectivity index (χ0v) is 20.2. The molecule has 0 fully saturated rings. The van der Waals surface area contributed by atoms with Gasteiger partial charge in [0.1, 0.15) is 0 Å². The second-order valence-corrected chi connectivity index (χ2v) is 8.94. The minimum atomic E-state index is -1.05. The molecule has 0 saturated carbocycles. The Bertz CT molecular complexity index is 1290. The molecule has 1 aliphatic rings. The average Bonchev–Trinajstić information content (AvgIpc) is 2.85. The number of nitrogens with one attached hydrogen (secondary N) is 1. The molecule has 1 aliphatic heterocycles. The summed E-state index contributed by atoms with van der Waals surface area (Å²) < 4.78 is 5.78. The molecule has 1 unspecified atom stereocenters. The van der Waals surface area contributed by atoms with Gasteiger partial charge in [0.25, 0.3) is 11.8 Å². The third-order valence-corrected chi connectivity index (χ3v) is 6.37. The number of primary amides is 1. The molecule has 8 heteroatoms. The molecule has 182 valence electrons. The van der Waals surface area contributed by atoms with E-state index in [0.717, 1.165) is 29.7 Å². The number of para-hydroxylation sites is 2. The number of carbonyl (C=O) groups excluding carboxylic acids is 3. The van der Waals surface area contributed by atoms with E-state index in [2.05, 4.69) is 24.1 Å². The molecule has 2 aromatic carbocycles. The Balaban J connectivity index is 1.65. The minimum absolute atomic E-state index is 0.185. The van der Waals surface area contributed by atoms with Gasteiger partial charge in [-0.1, -0.05) is 37.3 Å². The molecule has 0 spiro atoms. The molecule has 0 radical (unpaired) electrons.